The Morgan fingerprint density at radius 3 is 2.67 bits per heavy atom. The van der Waals surface area contributed by atoms with E-state index in [2.05, 4.69) is 45.9 Å². The third-order valence-electron chi connectivity index (χ3n) is 2.56. The molecule has 0 aromatic carbocycles. The maximum Gasteiger partial charge on any atom is 0.0339 e. The third-order valence-corrected chi connectivity index (χ3v) is 4.32. The van der Waals surface area contributed by atoms with E-state index in [0.717, 1.165) is 6.54 Å². The predicted octanol–water partition coefficient (Wildman–Crippen LogP) is 4.74. The Bertz CT molecular complexity index is 272. The van der Waals surface area contributed by atoms with Crippen LogP contribution in [0.3, 0.4) is 0 Å². The molecule has 1 rings (SSSR count). The molecular weight excluding hydrogens is 270 g/mol. The summed E-state index contributed by atoms with van der Waals surface area (Å²) in [6.07, 6.45) is 5.20. The smallest absolute Gasteiger partial charge is 0.0339 e. The Kier molecular flexibility index (Phi) is 6.53. The molecule has 0 saturated carbocycles. The van der Waals surface area contributed by atoms with Crippen molar-refractivity contribution < 1.29 is 0 Å². The van der Waals surface area contributed by atoms with Crippen LogP contribution in [0.4, 0.5) is 0 Å². The van der Waals surface area contributed by atoms with Gasteiger partial charge < -0.3 is 5.32 Å². The lowest BCUT2D eigenvalue weighted by atomic mass is 10.0. The van der Waals surface area contributed by atoms with E-state index in [1.165, 1.54) is 35.7 Å². The standard InChI is InChI=1S/C12H20BrNS/c1-3-5-6-7-12(14-4-2)10-8-15-9-11(10)13/h8-9,12,14H,3-7H2,1-2H3. The molecule has 0 aliphatic carbocycles. The fourth-order valence-electron chi connectivity index (χ4n) is 1.75. The first-order valence-electron chi connectivity index (χ1n) is 5.74. The summed E-state index contributed by atoms with van der Waals surface area (Å²) >= 11 is 5.39. The zero-order chi connectivity index (χ0) is 11.1. The summed E-state index contributed by atoms with van der Waals surface area (Å²) in [4.78, 5) is 0. The average Bonchev–Trinajstić information content (AvgIpc) is 2.64. The van der Waals surface area contributed by atoms with Gasteiger partial charge >= 0.3 is 0 Å². The zero-order valence-electron chi connectivity index (χ0n) is 9.55. The van der Waals surface area contributed by atoms with Crippen LogP contribution in [0.15, 0.2) is 15.2 Å². The van der Waals surface area contributed by atoms with E-state index in [-0.39, 0.29) is 0 Å². The molecule has 0 saturated heterocycles. The lowest BCUT2D eigenvalue weighted by Crippen LogP contribution is -2.20. The molecule has 0 aliphatic rings. The molecule has 0 spiro atoms. The molecule has 86 valence electrons. The van der Waals surface area contributed by atoms with Gasteiger partial charge in [-0.2, -0.15) is 11.3 Å². The number of hydrogen-bond donors (Lipinski definition) is 1. The number of rotatable bonds is 7. The summed E-state index contributed by atoms with van der Waals surface area (Å²) in [7, 11) is 0. The molecule has 1 aromatic heterocycles. The molecule has 1 heterocycles. The molecule has 1 aromatic rings. The van der Waals surface area contributed by atoms with Crippen LogP contribution in [0.2, 0.25) is 0 Å². The first-order chi connectivity index (χ1) is 7.29. The van der Waals surface area contributed by atoms with Crippen molar-refractivity contribution in [3.63, 3.8) is 0 Å². The third kappa shape index (κ3) is 4.25. The normalized spacial score (nSPS) is 13.0. The molecular formula is C12H20BrNS. The molecule has 0 radical (unpaired) electrons. The van der Waals surface area contributed by atoms with E-state index in [1.807, 2.05) is 0 Å². The number of nitrogens with one attached hydrogen (secondary N) is 1. The van der Waals surface area contributed by atoms with Crippen LogP contribution >= 0.6 is 27.3 Å². The molecule has 3 heteroatoms. The summed E-state index contributed by atoms with van der Waals surface area (Å²) in [5, 5.41) is 7.98. The lowest BCUT2D eigenvalue weighted by molar-refractivity contribution is 0.486. The van der Waals surface area contributed by atoms with E-state index < -0.39 is 0 Å². The quantitative estimate of drug-likeness (QED) is 0.715. The molecule has 0 aliphatic heterocycles. The number of hydrogen-bond acceptors (Lipinski definition) is 2. The minimum Gasteiger partial charge on any atom is -0.310 e. The van der Waals surface area contributed by atoms with Gasteiger partial charge in [-0.25, -0.2) is 0 Å². The van der Waals surface area contributed by atoms with Gasteiger partial charge in [0, 0.05) is 15.9 Å². The fraction of sp³-hybridized carbons (Fsp3) is 0.667. The lowest BCUT2D eigenvalue weighted by Gasteiger charge is -2.17. The maximum atomic E-state index is 3.62. The van der Waals surface area contributed by atoms with Crippen molar-refractivity contribution in [1.29, 1.82) is 0 Å². The number of thiophene rings is 1. The number of halogens is 1. The van der Waals surface area contributed by atoms with Crippen LogP contribution in [0.1, 0.15) is 51.1 Å². The van der Waals surface area contributed by atoms with Crippen molar-refractivity contribution in [2.45, 2.75) is 45.6 Å². The van der Waals surface area contributed by atoms with Crippen molar-refractivity contribution in [2.75, 3.05) is 6.54 Å². The molecule has 1 nitrogen and oxygen atoms in total. The van der Waals surface area contributed by atoms with Gasteiger partial charge in [-0.1, -0.05) is 33.1 Å². The van der Waals surface area contributed by atoms with Gasteiger partial charge in [0.2, 0.25) is 0 Å². The molecule has 1 unspecified atom stereocenters. The van der Waals surface area contributed by atoms with Gasteiger partial charge in [0.1, 0.15) is 0 Å². The fourth-order valence-corrected chi connectivity index (χ4v) is 3.38. The maximum absolute atomic E-state index is 3.62. The van der Waals surface area contributed by atoms with Crippen molar-refractivity contribution in [3.05, 3.63) is 20.8 Å². The molecule has 0 amide bonds. The van der Waals surface area contributed by atoms with Crippen LogP contribution in [0.25, 0.3) is 0 Å². The Balaban J connectivity index is 2.53. The molecule has 0 bridgehead atoms. The average molecular weight is 290 g/mol. The first-order valence-corrected chi connectivity index (χ1v) is 7.48. The van der Waals surface area contributed by atoms with Crippen molar-refractivity contribution in [1.82, 2.24) is 5.32 Å². The van der Waals surface area contributed by atoms with Gasteiger partial charge in [0.25, 0.3) is 0 Å². The van der Waals surface area contributed by atoms with E-state index in [9.17, 15) is 0 Å². The van der Waals surface area contributed by atoms with Crippen molar-refractivity contribution >= 4 is 27.3 Å². The summed E-state index contributed by atoms with van der Waals surface area (Å²) in [5.74, 6) is 0. The highest BCUT2D eigenvalue weighted by Crippen LogP contribution is 2.30. The topological polar surface area (TPSA) is 12.0 Å². The highest BCUT2D eigenvalue weighted by molar-refractivity contribution is 9.10. The summed E-state index contributed by atoms with van der Waals surface area (Å²) in [6, 6.07) is 0.530. The summed E-state index contributed by atoms with van der Waals surface area (Å²) in [6.45, 7) is 5.47. The van der Waals surface area contributed by atoms with Crippen LogP contribution in [-0.4, -0.2) is 6.54 Å². The Morgan fingerprint density at radius 1 is 1.33 bits per heavy atom. The molecule has 1 atom stereocenters. The van der Waals surface area contributed by atoms with Gasteiger partial charge in [0.05, 0.1) is 0 Å². The number of unbranched alkanes of at least 4 members (excludes halogenated alkanes) is 2. The SMILES string of the molecule is CCCCCC(NCC)c1cscc1Br. The van der Waals surface area contributed by atoms with Gasteiger partial charge in [-0.05, 0) is 39.8 Å². The second kappa shape index (κ2) is 7.42. The monoisotopic (exact) mass is 289 g/mol. The Morgan fingerprint density at radius 2 is 2.13 bits per heavy atom. The second-order valence-electron chi connectivity index (χ2n) is 3.78. The Hall–Kier alpha value is 0.140. The summed E-state index contributed by atoms with van der Waals surface area (Å²) < 4.78 is 1.26. The largest absolute Gasteiger partial charge is 0.310 e. The van der Waals surface area contributed by atoms with Crippen LogP contribution in [0.5, 0.6) is 0 Å². The van der Waals surface area contributed by atoms with Crippen LogP contribution in [-0.2, 0) is 0 Å². The van der Waals surface area contributed by atoms with Crippen LogP contribution in [0, 0.1) is 0 Å². The highest BCUT2D eigenvalue weighted by Gasteiger charge is 2.13. The van der Waals surface area contributed by atoms with E-state index in [4.69, 9.17) is 0 Å². The minimum absolute atomic E-state index is 0.530. The highest BCUT2D eigenvalue weighted by atomic mass is 79.9. The zero-order valence-corrected chi connectivity index (χ0v) is 12.0. The van der Waals surface area contributed by atoms with Crippen molar-refractivity contribution in [2.24, 2.45) is 0 Å². The van der Waals surface area contributed by atoms with Crippen LogP contribution < -0.4 is 5.32 Å². The summed E-state index contributed by atoms with van der Waals surface area (Å²) in [5.41, 5.74) is 1.43. The van der Waals surface area contributed by atoms with Gasteiger partial charge in [0.15, 0.2) is 0 Å². The molecule has 15 heavy (non-hydrogen) atoms. The van der Waals surface area contributed by atoms with E-state index in [1.54, 1.807) is 11.3 Å². The van der Waals surface area contributed by atoms with E-state index >= 15 is 0 Å². The predicted molar refractivity (Wildman–Crippen MR) is 72.6 cm³/mol. The molecule has 0 fully saturated rings. The van der Waals surface area contributed by atoms with Gasteiger partial charge in [-0.3, -0.25) is 0 Å². The van der Waals surface area contributed by atoms with Gasteiger partial charge in [-0.15, -0.1) is 0 Å². The molecule has 1 N–H and O–H groups in total. The minimum atomic E-state index is 0.530. The second-order valence-corrected chi connectivity index (χ2v) is 5.38. The van der Waals surface area contributed by atoms with Crippen molar-refractivity contribution in [3.8, 4) is 0 Å². The van der Waals surface area contributed by atoms with E-state index in [0.29, 0.717) is 6.04 Å². The Labute approximate surface area is 105 Å². The first kappa shape index (κ1) is 13.2.